The SMILES string of the molecule is C.CC(C)(Cc1cc2cncc(-c3ccc(C#N)cc3)c2s1)C(=O)O.CCOC(=O)C(C)(C)Cc1cc2cncc(-c3ccc(C#N)cc3)c2s1.CCOC(=O)C(C)(C)Cc1cc2cncc(Br)c2s1.CCOC(=O)CCc1cc2cncc(Br)c2s1.[C-]#[N+]c1ccc(B(O)O)cc1.[Li+].[OH-]. The molecule has 0 atom stereocenters. The third-order valence-electron chi connectivity index (χ3n) is 14.7. The average molecular weight is 1540 g/mol. The molecule has 11 aromatic rings. The quantitative estimate of drug-likeness (QED) is 0.0311. The van der Waals surface area contributed by atoms with Crippen LogP contribution in [0, 0.1) is 45.5 Å². The predicted molar refractivity (Wildman–Crippen MR) is 404 cm³/mol. The van der Waals surface area contributed by atoms with E-state index >= 15 is 0 Å². The average Bonchev–Trinajstić information content (AvgIpc) is 1.65. The van der Waals surface area contributed by atoms with E-state index in [1.807, 2.05) is 122 Å². The van der Waals surface area contributed by atoms with Crippen molar-refractivity contribution in [2.24, 2.45) is 16.2 Å². The van der Waals surface area contributed by atoms with E-state index in [0.29, 0.717) is 67.8 Å². The molecule has 8 aromatic heterocycles. The van der Waals surface area contributed by atoms with Crippen LogP contribution in [0.3, 0.4) is 0 Å². The first-order chi connectivity index (χ1) is 46.2. The maximum absolute atomic E-state index is 12.2. The number of aryl methyl sites for hydroxylation is 1. The van der Waals surface area contributed by atoms with E-state index in [1.54, 1.807) is 102 Å². The first kappa shape index (κ1) is 84.4. The van der Waals surface area contributed by atoms with Crippen molar-refractivity contribution < 1.29 is 72.9 Å². The van der Waals surface area contributed by atoms with Crippen LogP contribution in [0.25, 0.3) is 67.4 Å². The van der Waals surface area contributed by atoms with Crippen LogP contribution >= 0.6 is 77.2 Å². The normalized spacial score (nSPS) is 10.7. The van der Waals surface area contributed by atoms with Crippen molar-refractivity contribution >= 4 is 160 Å². The third kappa shape index (κ3) is 23.3. The van der Waals surface area contributed by atoms with Gasteiger partial charge in [0.25, 0.3) is 0 Å². The maximum atomic E-state index is 12.2. The molecule has 0 aliphatic rings. The van der Waals surface area contributed by atoms with Crippen molar-refractivity contribution in [3.63, 3.8) is 0 Å². The largest absolute Gasteiger partial charge is 1.00 e. The number of esters is 3. The van der Waals surface area contributed by atoms with Crippen LogP contribution in [0.1, 0.15) is 107 Å². The number of carboxylic acids is 1. The van der Waals surface area contributed by atoms with Crippen LogP contribution < -0.4 is 24.3 Å². The second kappa shape index (κ2) is 39.2. The molecular weight excluding hydrogens is 1470 g/mol. The van der Waals surface area contributed by atoms with Gasteiger partial charge in [-0.3, -0.25) is 39.1 Å². The zero-order chi connectivity index (χ0) is 70.6. The number of nitriles is 2. The number of carboxylic acid groups (broad SMARTS) is 1. The Morgan fingerprint density at radius 1 is 0.540 bits per heavy atom. The number of pyridine rings is 4. The molecule has 8 heterocycles. The molecule has 0 aliphatic carbocycles. The predicted octanol–water partition coefficient (Wildman–Crippen LogP) is 14.6. The number of benzene rings is 3. The van der Waals surface area contributed by atoms with Crippen LogP contribution in [-0.2, 0) is 59.1 Å². The maximum Gasteiger partial charge on any atom is 1.00 e. The Morgan fingerprint density at radius 3 is 1.24 bits per heavy atom. The van der Waals surface area contributed by atoms with E-state index in [2.05, 4.69) is 87.0 Å². The number of hydrogen-bond acceptors (Lipinski definition) is 20. The molecule has 0 radical (unpaired) electrons. The fraction of sp³-hybridized carbons (Fsp3) is 0.284. The van der Waals surface area contributed by atoms with Gasteiger partial charge in [-0.15, -0.1) is 45.3 Å². The zero-order valence-electron chi connectivity index (χ0n) is 56.3. The van der Waals surface area contributed by atoms with Crippen LogP contribution in [0.15, 0.2) is 156 Å². The van der Waals surface area contributed by atoms with Gasteiger partial charge in [-0.05, 0) is 185 Å². The Morgan fingerprint density at radius 2 is 0.890 bits per heavy atom. The molecule has 0 spiro atoms. The van der Waals surface area contributed by atoms with Crippen LogP contribution in [0.2, 0.25) is 0 Å². The first-order valence-corrected chi connectivity index (χ1v) is 35.4. The summed E-state index contributed by atoms with van der Waals surface area (Å²) in [6, 6.07) is 33.6. The Balaban J connectivity index is 0.000000269. The minimum absolute atomic E-state index is 0. The van der Waals surface area contributed by atoms with Crippen LogP contribution in [0.5, 0.6) is 0 Å². The van der Waals surface area contributed by atoms with E-state index in [4.69, 9.17) is 41.4 Å². The molecule has 18 nitrogen and oxygen atoms in total. The van der Waals surface area contributed by atoms with Gasteiger partial charge in [0.2, 0.25) is 0 Å². The molecule has 0 unspecified atom stereocenters. The second-order valence-electron chi connectivity index (χ2n) is 23.8. The molecule has 3 aromatic carbocycles. The van der Waals surface area contributed by atoms with Gasteiger partial charge < -0.3 is 34.8 Å². The Bertz CT molecular complexity index is 4690. The van der Waals surface area contributed by atoms with Crippen LogP contribution in [0.4, 0.5) is 5.69 Å². The number of halogens is 2. The van der Waals surface area contributed by atoms with Gasteiger partial charge in [0.1, 0.15) is 0 Å². The molecule has 0 saturated carbocycles. The summed E-state index contributed by atoms with van der Waals surface area (Å²) in [5, 5.41) is 48.8. The monoisotopic (exact) mass is 1540 g/mol. The molecule has 514 valence electrons. The molecule has 11 rings (SSSR count). The number of aliphatic carboxylic acids is 1. The number of thiophene rings is 4. The van der Waals surface area contributed by atoms with Gasteiger partial charge in [0.15, 0.2) is 5.69 Å². The number of rotatable bonds is 18. The van der Waals surface area contributed by atoms with Crippen LogP contribution in [-0.4, -0.2) is 91.4 Å². The number of hydrogen-bond donors (Lipinski definition) is 3. The van der Waals surface area contributed by atoms with Gasteiger partial charge in [-0.2, -0.15) is 10.5 Å². The molecule has 0 aliphatic heterocycles. The number of aromatic nitrogens is 4. The van der Waals surface area contributed by atoms with Crippen molar-refractivity contribution in [3.8, 4) is 34.4 Å². The fourth-order valence-electron chi connectivity index (χ4n) is 9.60. The second-order valence-corrected chi connectivity index (χ2v) is 30.1. The number of nitrogens with zero attached hydrogens (tertiary/aromatic N) is 7. The summed E-state index contributed by atoms with van der Waals surface area (Å²) in [4.78, 5) is 71.3. The Kier molecular flexibility index (Phi) is 33.1. The van der Waals surface area contributed by atoms with E-state index in [-0.39, 0.29) is 49.7 Å². The fourth-order valence-corrected chi connectivity index (χ4v) is 15.9. The van der Waals surface area contributed by atoms with E-state index in [1.165, 1.54) is 31.3 Å². The minimum atomic E-state index is -1.45. The molecule has 0 bridgehead atoms. The molecule has 0 saturated heterocycles. The standard InChI is InChI=1S/C21H20N2O2S.C19H16N2O2S.C14H16BrNO2S.C12H12BrNO2S.C7H6BNO2.CH4.Li.H2O/c1-4-25-20(24)21(2,3)10-17-9-16-12-23-13-18(19(16)26-17)15-7-5-14(11-22)6-8-15;1-19(2,18(22)23)8-15-7-14-10-21-11-16(17(14)24-15)13-5-3-12(9-20)4-6-13;1-4-18-13(17)14(2,3)6-10-5-9-7-16-8-11(15)12(9)19-10;1-2-16-11(15)4-3-9-5-8-6-14-7-10(13)12(8)17-9;1-9-7-4-2-6(3-5-7)8(10)11;;;/h5-9,12-13H,4,10H2,1-3H3;3-7,10-11H,8H2,1-2H3,(H,22,23);5,7-8H,4,6H2,1-3H3;5-7H,2-4H2,1H3;2-5,10-11H;1H4;;1H2/q;;;;;;+1;/p-1. The molecule has 4 N–H and O–H groups in total. The Hall–Kier alpha value is -8.05. The summed E-state index contributed by atoms with van der Waals surface area (Å²) < 4.78 is 21.8. The number of ether oxygens (including phenoxy) is 3. The molecule has 0 amide bonds. The molecule has 100 heavy (non-hydrogen) atoms. The number of fused-ring (bicyclic) bond motifs is 4. The van der Waals surface area contributed by atoms with Gasteiger partial charge in [-0.1, -0.05) is 56.0 Å². The molecule has 26 heteroatoms. The third-order valence-corrected chi connectivity index (χ3v) is 21.3. The smallest absolute Gasteiger partial charge is 0.870 e. The minimum Gasteiger partial charge on any atom is -0.870 e. The van der Waals surface area contributed by atoms with Gasteiger partial charge in [-0.25, -0.2) is 4.85 Å². The van der Waals surface area contributed by atoms with E-state index < -0.39 is 29.3 Å². The molecule has 0 fully saturated rings. The summed E-state index contributed by atoms with van der Waals surface area (Å²) in [5.74, 6) is -1.26. The number of carbonyl (C=O) groups excluding carboxylic acids is 3. The molecular formula is C74H75BBr2LiN7O11S4. The van der Waals surface area contributed by atoms with Gasteiger partial charge in [0, 0.05) is 111 Å². The topological polar surface area (TPSA) is 290 Å². The number of carbonyl (C=O) groups is 4. The van der Waals surface area contributed by atoms with Crippen molar-refractivity contribution in [3.05, 3.63) is 198 Å². The first-order valence-electron chi connectivity index (χ1n) is 30.6. The van der Waals surface area contributed by atoms with Crippen molar-refractivity contribution in [2.45, 2.75) is 102 Å². The van der Waals surface area contributed by atoms with Crippen molar-refractivity contribution in [1.29, 1.82) is 10.5 Å². The van der Waals surface area contributed by atoms with E-state index in [9.17, 15) is 24.3 Å². The summed E-state index contributed by atoms with van der Waals surface area (Å²) >= 11 is 13.6. The van der Waals surface area contributed by atoms with Crippen molar-refractivity contribution in [2.75, 3.05) is 19.8 Å². The van der Waals surface area contributed by atoms with E-state index in [0.717, 1.165) is 78.3 Å². The van der Waals surface area contributed by atoms with Crippen molar-refractivity contribution in [1.82, 2.24) is 19.9 Å². The summed E-state index contributed by atoms with van der Waals surface area (Å²) in [5.41, 5.74) is 4.34. The van der Waals surface area contributed by atoms with Gasteiger partial charge >= 0.3 is 49.9 Å². The zero-order valence-corrected chi connectivity index (χ0v) is 62.7. The Labute approximate surface area is 627 Å². The summed E-state index contributed by atoms with van der Waals surface area (Å²) in [6.45, 7) is 24.5. The summed E-state index contributed by atoms with van der Waals surface area (Å²) in [7, 11) is -1.45. The summed E-state index contributed by atoms with van der Waals surface area (Å²) in [6.07, 6.45) is 17.5. The van der Waals surface area contributed by atoms with Gasteiger partial charge in [0.05, 0.1) is 90.7 Å².